The molecule has 146 valence electrons. The quantitative estimate of drug-likeness (QED) is 0.561. The number of carbonyl (C=O) groups excluding carboxylic acids is 2. The van der Waals surface area contributed by atoms with E-state index >= 15 is 0 Å². The molecule has 2 unspecified atom stereocenters. The second kappa shape index (κ2) is 11.2. The van der Waals surface area contributed by atoms with Crippen LogP contribution in [-0.2, 0) is 16.0 Å². The van der Waals surface area contributed by atoms with Crippen molar-refractivity contribution in [3.8, 4) is 0 Å². The van der Waals surface area contributed by atoms with Crippen LogP contribution in [-0.4, -0.2) is 38.2 Å². The Hall–Kier alpha value is -1.52. The summed E-state index contributed by atoms with van der Waals surface area (Å²) in [6.07, 6.45) is 3.76. The van der Waals surface area contributed by atoms with Crippen LogP contribution in [0.1, 0.15) is 52.0 Å². The molecule has 0 aliphatic carbocycles. The van der Waals surface area contributed by atoms with Gasteiger partial charge < -0.3 is 10.6 Å². The molecule has 26 heavy (non-hydrogen) atoms. The minimum atomic E-state index is -0.414. The Balaban J connectivity index is 2.76. The molecule has 0 heterocycles. The van der Waals surface area contributed by atoms with Crippen LogP contribution in [0.15, 0.2) is 30.3 Å². The molecule has 4 nitrogen and oxygen atoms in total. The van der Waals surface area contributed by atoms with E-state index in [-0.39, 0.29) is 23.5 Å². The van der Waals surface area contributed by atoms with Gasteiger partial charge in [0.25, 0.3) is 0 Å². The van der Waals surface area contributed by atoms with E-state index in [0.29, 0.717) is 12.8 Å². The zero-order valence-corrected chi connectivity index (χ0v) is 17.1. The summed E-state index contributed by atoms with van der Waals surface area (Å²) in [7, 11) is 3.75. The van der Waals surface area contributed by atoms with E-state index in [0.717, 1.165) is 31.4 Å². The Morgan fingerprint density at radius 1 is 1.04 bits per heavy atom. The third kappa shape index (κ3) is 7.79. The number of carbonyl (C=O) groups is 2. The third-order valence-electron chi connectivity index (χ3n) is 4.81. The number of unbranched alkanes of at least 4 members (excludes halogenated alkanes) is 1. The summed E-state index contributed by atoms with van der Waals surface area (Å²) in [4.78, 5) is 25.7. The van der Waals surface area contributed by atoms with Crippen molar-refractivity contribution in [2.45, 2.75) is 58.9 Å². The fraction of sp³-hybridized carbons (Fsp3) is 0.636. The van der Waals surface area contributed by atoms with Crippen molar-refractivity contribution in [2.75, 3.05) is 20.6 Å². The zero-order chi connectivity index (χ0) is 19.6. The summed E-state index contributed by atoms with van der Waals surface area (Å²) in [5.74, 6) is 0.142. The summed E-state index contributed by atoms with van der Waals surface area (Å²) in [6, 6.07) is 9.77. The maximum absolute atomic E-state index is 12.9. The monoisotopic (exact) mass is 360 g/mol. The van der Waals surface area contributed by atoms with Gasteiger partial charge in [0.15, 0.2) is 5.78 Å². The van der Waals surface area contributed by atoms with E-state index in [1.54, 1.807) is 0 Å². The van der Waals surface area contributed by atoms with Gasteiger partial charge in [-0.05, 0) is 45.5 Å². The van der Waals surface area contributed by atoms with Crippen LogP contribution < -0.4 is 10.6 Å². The largest absolute Gasteiger partial charge is 0.320 e. The van der Waals surface area contributed by atoms with Gasteiger partial charge in [0.05, 0.1) is 6.04 Å². The number of likely N-dealkylation sites (N-methyl/N-ethyl adjacent to an activating group) is 1. The van der Waals surface area contributed by atoms with Crippen molar-refractivity contribution < 1.29 is 9.59 Å². The average molecular weight is 361 g/mol. The van der Waals surface area contributed by atoms with Crippen molar-refractivity contribution in [3.05, 3.63) is 35.9 Å². The number of nitrogens with one attached hydrogen (secondary N) is 2. The molecule has 0 amide bonds. The highest BCUT2D eigenvalue weighted by atomic mass is 16.1. The lowest BCUT2D eigenvalue weighted by Crippen LogP contribution is -2.39. The van der Waals surface area contributed by atoms with Gasteiger partial charge in [-0.25, -0.2) is 0 Å². The first kappa shape index (κ1) is 22.5. The Morgan fingerprint density at radius 2 is 1.69 bits per heavy atom. The molecular weight excluding hydrogens is 324 g/mol. The minimum absolute atomic E-state index is 0.132. The minimum Gasteiger partial charge on any atom is -0.320 e. The van der Waals surface area contributed by atoms with E-state index < -0.39 is 5.41 Å². The number of benzene rings is 1. The summed E-state index contributed by atoms with van der Waals surface area (Å²) in [5, 5.41) is 6.27. The third-order valence-corrected chi connectivity index (χ3v) is 4.81. The standard InChI is InChI=1S/C22H36N2O2/c1-22(2,3)21(26)18(13-9-10-14-23-4)16-20(25)19(24-5)15-17-11-7-6-8-12-17/h6-8,11-12,18-19,23-24H,9-10,13-16H2,1-5H3. The van der Waals surface area contributed by atoms with Crippen molar-refractivity contribution >= 4 is 11.6 Å². The average Bonchev–Trinajstić information content (AvgIpc) is 2.61. The van der Waals surface area contributed by atoms with E-state index in [4.69, 9.17) is 0 Å². The Labute approximate surface area is 159 Å². The van der Waals surface area contributed by atoms with Gasteiger partial charge in [0.2, 0.25) is 0 Å². The number of ketones is 2. The molecule has 1 aromatic rings. The molecule has 0 aromatic heterocycles. The van der Waals surface area contributed by atoms with Crippen molar-refractivity contribution in [1.29, 1.82) is 0 Å². The number of rotatable bonds is 12. The van der Waals surface area contributed by atoms with Crippen LogP contribution in [0.3, 0.4) is 0 Å². The fourth-order valence-electron chi connectivity index (χ4n) is 3.24. The summed E-state index contributed by atoms with van der Waals surface area (Å²) < 4.78 is 0. The van der Waals surface area contributed by atoms with Gasteiger partial charge in [0.1, 0.15) is 5.78 Å². The first-order chi connectivity index (χ1) is 12.3. The Morgan fingerprint density at radius 3 is 2.23 bits per heavy atom. The smallest absolute Gasteiger partial charge is 0.150 e. The van der Waals surface area contributed by atoms with Crippen LogP contribution in [0.5, 0.6) is 0 Å². The molecular formula is C22H36N2O2. The lowest BCUT2D eigenvalue weighted by Gasteiger charge is -2.26. The van der Waals surface area contributed by atoms with Crippen molar-refractivity contribution in [2.24, 2.45) is 11.3 Å². The maximum atomic E-state index is 12.9. The van der Waals surface area contributed by atoms with Crippen LogP contribution in [0.4, 0.5) is 0 Å². The highest BCUT2D eigenvalue weighted by Gasteiger charge is 2.32. The van der Waals surface area contributed by atoms with Gasteiger partial charge >= 0.3 is 0 Å². The van der Waals surface area contributed by atoms with Crippen molar-refractivity contribution in [1.82, 2.24) is 10.6 Å². The Bertz CT molecular complexity index is 549. The molecule has 0 radical (unpaired) electrons. The predicted octanol–water partition coefficient (Wildman–Crippen LogP) is 3.40. The second-order valence-corrected chi connectivity index (χ2v) is 8.11. The fourth-order valence-corrected chi connectivity index (χ4v) is 3.24. The molecule has 1 aromatic carbocycles. The highest BCUT2D eigenvalue weighted by Crippen LogP contribution is 2.27. The Kier molecular flexibility index (Phi) is 9.74. The molecule has 0 saturated heterocycles. The van der Waals surface area contributed by atoms with Gasteiger partial charge in [-0.2, -0.15) is 0 Å². The van der Waals surface area contributed by atoms with E-state index in [9.17, 15) is 9.59 Å². The summed E-state index contributed by atoms with van der Waals surface area (Å²) in [5.41, 5.74) is 0.718. The number of hydrogen-bond acceptors (Lipinski definition) is 4. The van der Waals surface area contributed by atoms with Crippen LogP contribution >= 0.6 is 0 Å². The van der Waals surface area contributed by atoms with E-state index in [2.05, 4.69) is 10.6 Å². The normalized spacial score (nSPS) is 14.0. The lowest BCUT2D eigenvalue weighted by atomic mass is 9.78. The van der Waals surface area contributed by atoms with Gasteiger partial charge in [-0.15, -0.1) is 0 Å². The molecule has 1 rings (SSSR count). The molecule has 0 aliphatic heterocycles. The van der Waals surface area contributed by atoms with E-state index in [1.807, 2.05) is 65.2 Å². The molecule has 0 saturated carbocycles. The van der Waals surface area contributed by atoms with Crippen LogP contribution in [0.25, 0.3) is 0 Å². The van der Waals surface area contributed by atoms with E-state index in [1.165, 1.54) is 0 Å². The second-order valence-electron chi connectivity index (χ2n) is 8.11. The molecule has 0 aliphatic rings. The summed E-state index contributed by atoms with van der Waals surface area (Å²) >= 11 is 0. The SMILES string of the molecule is CNCCCCC(CC(=O)C(Cc1ccccc1)NC)C(=O)C(C)(C)C. The van der Waals surface area contributed by atoms with Gasteiger partial charge in [-0.1, -0.05) is 57.5 Å². The molecule has 0 bridgehead atoms. The lowest BCUT2D eigenvalue weighted by molar-refractivity contribution is -0.134. The molecule has 2 atom stereocenters. The first-order valence-electron chi connectivity index (χ1n) is 9.72. The number of hydrogen-bond donors (Lipinski definition) is 2. The predicted molar refractivity (Wildman–Crippen MR) is 108 cm³/mol. The summed E-state index contributed by atoms with van der Waals surface area (Å²) in [6.45, 7) is 6.78. The topological polar surface area (TPSA) is 58.2 Å². The van der Waals surface area contributed by atoms with Crippen molar-refractivity contribution in [3.63, 3.8) is 0 Å². The zero-order valence-electron chi connectivity index (χ0n) is 17.1. The van der Waals surface area contributed by atoms with Crippen LogP contribution in [0, 0.1) is 11.3 Å². The number of Topliss-reactive ketones (excluding diaryl/α,β-unsaturated/α-hetero) is 2. The first-order valence-corrected chi connectivity index (χ1v) is 9.72. The molecule has 4 heteroatoms. The molecule has 0 fully saturated rings. The van der Waals surface area contributed by atoms with Gasteiger partial charge in [0, 0.05) is 17.8 Å². The highest BCUT2D eigenvalue weighted by molar-refractivity contribution is 5.92. The van der Waals surface area contributed by atoms with Gasteiger partial charge in [-0.3, -0.25) is 9.59 Å². The molecule has 0 spiro atoms. The van der Waals surface area contributed by atoms with Crippen LogP contribution in [0.2, 0.25) is 0 Å². The molecule has 2 N–H and O–H groups in total. The maximum Gasteiger partial charge on any atom is 0.150 e.